The molecule has 1 aromatic carbocycles. The van der Waals surface area contributed by atoms with Gasteiger partial charge in [-0.3, -0.25) is 18.7 Å². The molecule has 12 nitrogen and oxygen atoms in total. The average molecular weight is 434 g/mol. The lowest BCUT2D eigenvalue weighted by Crippen LogP contribution is -2.37. The Morgan fingerprint density at radius 3 is 1.38 bits per heavy atom. The zero-order valence-electron chi connectivity index (χ0n) is 17.8. The van der Waals surface area contributed by atoms with Crippen molar-refractivity contribution in [1.29, 1.82) is 0 Å². The van der Waals surface area contributed by atoms with Crippen LogP contribution < -0.4 is 22.5 Å². The molecule has 0 atom stereocenters. The molecule has 0 amide bonds. The van der Waals surface area contributed by atoms with E-state index in [9.17, 15) is 19.2 Å². The normalized spacial score (nSPS) is 11.9. The first-order chi connectivity index (χ1) is 15.3. The van der Waals surface area contributed by atoms with Crippen LogP contribution in [0.3, 0.4) is 0 Å². The summed E-state index contributed by atoms with van der Waals surface area (Å²) in [6.07, 6.45) is 0. The molecule has 4 aliphatic heterocycles. The van der Waals surface area contributed by atoms with E-state index in [-0.39, 0.29) is 23.0 Å². The van der Waals surface area contributed by atoms with Crippen LogP contribution in [0.5, 0.6) is 0 Å². The number of aryl methyl sites for hydroxylation is 2. The van der Waals surface area contributed by atoms with Crippen LogP contribution >= 0.6 is 0 Å². The van der Waals surface area contributed by atoms with Crippen LogP contribution in [0.2, 0.25) is 0 Å². The van der Waals surface area contributed by atoms with E-state index in [1.807, 2.05) is 13.8 Å². The largest absolute Gasteiger partial charge is 0.352 e. The van der Waals surface area contributed by atoms with E-state index in [1.54, 1.807) is 21.3 Å². The van der Waals surface area contributed by atoms with Crippen molar-refractivity contribution in [2.24, 2.45) is 14.1 Å². The van der Waals surface area contributed by atoms with Crippen LogP contribution in [0.1, 0.15) is 13.8 Å². The molecule has 0 bridgehead atoms. The number of fused-ring (bicyclic) bond motifs is 4. The number of benzene rings is 1. The summed E-state index contributed by atoms with van der Waals surface area (Å²) in [5.41, 5.74) is -0.0728. The molecule has 4 aliphatic rings. The number of rotatable bonds is 2. The second-order valence-corrected chi connectivity index (χ2v) is 7.40. The van der Waals surface area contributed by atoms with Gasteiger partial charge in [-0.1, -0.05) is 0 Å². The number of nitrogens with zero attached hydrogens (tertiary/aromatic N) is 8. The highest BCUT2D eigenvalue weighted by Gasteiger charge is 2.23. The molecule has 0 spiro atoms. The second kappa shape index (κ2) is 6.64. The van der Waals surface area contributed by atoms with Crippen molar-refractivity contribution >= 4 is 22.1 Å². The molecule has 32 heavy (non-hydrogen) atoms. The lowest BCUT2D eigenvalue weighted by Gasteiger charge is -2.19. The van der Waals surface area contributed by atoms with Gasteiger partial charge in [0.25, 0.3) is 11.1 Å². The smallest absolute Gasteiger partial charge is 0.323 e. The molecular formula is C20H18N8O4. The minimum Gasteiger partial charge on any atom is -0.323 e. The van der Waals surface area contributed by atoms with E-state index < -0.39 is 22.5 Å². The molecule has 1 aromatic rings. The maximum atomic E-state index is 12.7. The molecule has 0 saturated carbocycles. The molecule has 12 heteroatoms. The summed E-state index contributed by atoms with van der Waals surface area (Å²) in [5.74, 6) is 0.371. The highest BCUT2D eigenvalue weighted by Crippen LogP contribution is 2.27. The Labute approximate surface area is 178 Å². The standard InChI is InChI=1S/C20H18N8O4/c1-5-27-11-7-10-12(8-9(11)21-13-15(27)23-19(31)25(3)17(13)29)28(6-2)16-14(22-10)18(30)26(4)20(32)24-16/h7-8H,5-6H2,1-4H3. The van der Waals surface area contributed by atoms with Gasteiger partial charge in [-0.05, 0) is 26.0 Å². The highest BCUT2D eigenvalue weighted by atomic mass is 16.2. The molecular weight excluding hydrogens is 416 g/mol. The molecule has 162 valence electrons. The Kier molecular flexibility index (Phi) is 4.09. The molecule has 0 fully saturated rings. The van der Waals surface area contributed by atoms with Gasteiger partial charge >= 0.3 is 11.4 Å². The van der Waals surface area contributed by atoms with Crippen LogP contribution in [0.4, 0.5) is 0 Å². The third-order valence-corrected chi connectivity index (χ3v) is 5.68. The summed E-state index contributed by atoms with van der Waals surface area (Å²) >= 11 is 0. The fourth-order valence-electron chi connectivity index (χ4n) is 3.97. The van der Waals surface area contributed by atoms with Crippen molar-refractivity contribution in [1.82, 2.24) is 38.2 Å². The zero-order valence-corrected chi connectivity index (χ0v) is 17.8. The van der Waals surface area contributed by atoms with Crippen LogP contribution in [0.15, 0.2) is 31.3 Å². The predicted molar refractivity (Wildman–Crippen MR) is 116 cm³/mol. The number of aromatic nitrogens is 8. The summed E-state index contributed by atoms with van der Waals surface area (Å²) in [6, 6.07) is 3.47. The fraction of sp³-hybridized carbons (Fsp3) is 0.300. The number of hydrogen-bond donors (Lipinski definition) is 0. The Hall–Kier alpha value is -4.22. The second-order valence-electron chi connectivity index (χ2n) is 7.40. The van der Waals surface area contributed by atoms with E-state index in [1.165, 1.54) is 14.1 Å². The van der Waals surface area contributed by atoms with Gasteiger partial charge in [0.1, 0.15) is 0 Å². The lowest BCUT2D eigenvalue weighted by molar-refractivity contribution is 0.713. The third kappa shape index (κ3) is 2.49. The molecule has 0 aromatic heterocycles. The summed E-state index contributed by atoms with van der Waals surface area (Å²) in [4.78, 5) is 66.7. The maximum Gasteiger partial charge on any atom is 0.352 e. The van der Waals surface area contributed by atoms with E-state index in [4.69, 9.17) is 0 Å². The summed E-state index contributed by atoms with van der Waals surface area (Å²) in [7, 11) is 2.71. The maximum absolute atomic E-state index is 12.7. The first-order valence-electron chi connectivity index (χ1n) is 9.99. The van der Waals surface area contributed by atoms with E-state index in [2.05, 4.69) is 19.9 Å². The average Bonchev–Trinajstić information content (AvgIpc) is 2.78. The first-order valence-corrected chi connectivity index (χ1v) is 9.99. The molecule has 0 radical (unpaired) electrons. The van der Waals surface area contributed by atoms with Gasteiger partial charge in [-0.25, -0.2) is 19.6 Å². The monoisotopic (exact) mass is 434 g/mol. The van der Waals surface area contributed by atoms with Crippen LogP contribution in [0, 0.1) is 0 Å². The van der Waals surface area contributed by atoms with Crippen molar-refractivity contribution in [2.45, 2.75) is 26.9 Å². The van der Waals surface area contributed by atoms with Gasteiger partial charge in [0, 0.05) is 27.2 Å². The Bertz CT molecular complexity index is 1630. The summed E-state index contributed by atoms with van der Waals surface area (Å²) < 4.78 is 5.27. The van der Waals surface area contributed by atoms with Gasteiger partial charge in [0.05, 0.1) is 22.1 Å². The van der Waals surface area contributed by atoms with Crippen LogP contribution in [0.25, 0.3) is 45.1 Å². The zero-order chi connectivity index (χ0) is 22.9. The van der Waals surface area contributed by atoms with Crippen LogP contribution in [-0.4, -0.2) is 38.2 Å². The topological polar surface area (TPSA) is 140 Å². The van der Waals surface area contributed by atoms with Gasteiger partial charge in [0.15, 0.2) is 23.0 Å². The Morgan fingerprint density at radius 1 is 0.656 bits per heavy atom. The van der Waals surface area contributed by atoms with E-state index in [0.717, 1.165) is 9.13 Å². The van der Waals surface area contributed by atoms with Crippen molar-refractivity contribution in [3.8, 4) is 23.0 Å². The predicted octanol–water partition coefficient (Wildman–Crippen LogP) is -0.457. The minimum absolute atomic E-state index is 0.0754. The lowest BCUT2D eigenvalue weighted by atomic mass is 10.2. The summed E-state index contributed by atoms with van der Waals surface area (Å²) in [6.45, 7) is 4.57. The molecule has 4 heterocycles. The third-order valence-electron chi connectivity index (χ3n) is 5.68. The Morgan fingerprint density at radius 2 is 1.03 bits per heavy atom. The van der Waals surface area contributed by atoms with Gasteiger partial charge in [-0.2, -0.15) is 9.97 Å². The van der Waals surface area contributed by atoms with Crippen molar-refractivity contribution in [2.75, 3.05) is 0 Å². The van der Waals surface area contributed by atoms with Crippen molar-refractivity contribution in [3.05, 3.63) is 53.8 Å². The Balaban J connectivity index is 2.05. The van der Waals surface area contributed by atoms with E-state index >= 15 is 0 Å². The van der Waals surface area contributed by atoms with Gasteiger partial charge in [-0.15, -0.1) is 0 Å². The first kappa shape index (κ1) is 19.7. The molecule has 0 unspecified atom stereocenters. The molecule has 5 rings (SSSR count). The summed E-state index contributed by atoms with van der Waals surface area (Å²) in [5, 5.41) is 0. The quantitative estimate of drug-likeness (QED) is 0.340. The van der Waals surface area contributed by atoms with Gasteiger partial charge in [0.2, 0.25) is 0 Å². The van der Waals surface area contributed by atoms with Gasteiger partial charge < -0.3 is 9.13 Å². The minimum atomic E-state index is -0.664. The van der Waals surface area contributed by atoms with E-state index in [0.29, 0.717) is 35.2 Å². The van der Waals surface area contributed by atoms with Crippen molar-refractivity contribution < 1.29 is 0 Å². The van der Waals surface area contributed by atoms with Crippen molar-refractivity contribution in [3.63, 3.8) is 0 Å². The molecule has 0 aliphatic carbocycles. The fourth-order valence-corrected chi connectivity index (χ4v) is 3.97. The molecule has 0 saturated heterocycles. The number of hydrogen-bond acceptors (Lipinski definition) is 8. The molecule has 0 N–H and O–H groups in total. The SMILES string of the molecule is CCn1c2nc(=O)n(C)c(=O)c-2nc2cc3c(cc21)nc1c(=O)n(C)c(=O)nc-1n3CC. The van der Waals surface area contributed by atoms with Crippen LogP contribution in [-0.2, 0) is 27.2 Å². The highest BCUT2D eigenvalue weighted by molar-refractivity contribution is 5.94.